The second kappa shape index (κ2) is 3.70. The largest absolute Gasteiger partial charge is 0.507 e. The second-order valence-electron chi connectivity index (χ2n) is 4.55. The van der Waals surface area contributed by atoms with E-state index in [4.69, 9.17) is 0 Å². The highest BCUT2D eigenvalue weighted by molar-refractivity contribution is 5.44. The molecule has 16 heavy (non-hydrogen) atoms. The molecule has 0 atom stereocenters. The van der Waals surface area contributed by atoms with Gasteiger partial charge in [-0.3, -0.25) is 0 Å². The Balaban J connectivity index is 2.32. The normalized spacial score (nSPS) is 17.8. The van der Waals surface area contributed by atoms with Crippen LogP contribution in [0.1, 0.15) is 36.0 Å². The van der Waals surface area contributed by atoms with Gasteiger partial charge in [0.25, 0.3) is 6.43 Å². The average Bonchev–Trinajstić information content (AvgIpc) is 2.89. The molecule has 1 aromatic carbocycles. The number of benzene rings is 1. The van der Waals surface area contributed by atoms with Crippen LogP contribution < -0.4 is 0 Å². The molecule has 0 amide bonds. The van der Waals surface area contributed by atoms with E-state index in [1.54, 1.807) is 13.0 Å². The summed E-state index contributed by atoms with van der Waals surface area (Å²) in [6, 6.07) is 2.93. The number of hydrogen-bond acceptors (Lipinski definition) is 2. The number of phenols is 1. The highest BCUT2D eigenvalue weighted by Crippen LogP contribution is 2.40. The van der Waals surface area contributed by atoms with Gasteiger partial charge in [-0.1, -0.05) is 6.07 Å². The summed E-state index contributed by atoms with van der Waals surface area (Å²) in [4.78, 5) is 0. The van der Waals surface area contributed by atoms with Gasteiger partial charge in [-0.25, -0.2) is 8.78 Å². The molecule has 0 unspecified atom stereocenters. The standard InChI is InChI=1S/C12H14F2O2/c1-7-4-8(6-12(16)2-3-12)5-9(10(7)15)11(13)14/h4-5,11,15-16H,2-3,6H2,1H3. The number of alkyl halides is 2. The van der Waals surface area contributed by atoms with Gasteiger partial charge >= 0.3 is 0 Å². The van der Waals surface area contributed by atoms with Crippen LogP contribution in [0, 0.1) is 6.92 Å². The number of aromatic hydroxyl groups is 1. The predicted octanol–water partition coefficient (Wildman–Crippen LogP) is 2.71. The average molecular weight is 228 g/mol. The van der Waals surface area contributed by atoms with Gasteiger partial charge in [0.1, 0.15) is 5.75 Å². The molecule has 0 aliphatic heterocycles. The Labute approximate surface area is 92.5 Å². The lowest BCUT2D eigenvalue weighted by Crippen LogP contribution is -2.11. The lowest BCUT2D eigenvalue weighted by molar-refractivity contribution is 0.144. The molecule has 2 nitrogen and oxygen atoms in total. The van der Waals surface area contributed by atoms with E-state index in [9.17, 15) is 19.0 Å². The molecule has 2 rings (SSSR count). The fraction of sp³-hybridized carbons (Fsp3) is 0.500. The maximum atomic E-state index is 12.6. The molecule has 0 radical (unpaired) electrons. The monoisotopic (exact) mass is 228 g/mol. The molecule has 1 aromatic rings. The second-order valence-corrected chi connectivity index (χ2v) is 4.55. The van der Waals surface area contributed by atoms with Crippen LogP contribution in [-0.2, 0) is 6.42 Å². The minimum absolute atomic E-state index is 0.346. The van der Waals surface area contributed by atoms with Crippen molar-refractivity contribution in [2.45, 2.75) is 38.2 Å². The fourth-order valence-corrected chi connectivity index (χ4v) is 1.85. The van der Waals surface area contributed by atoms with Crippen LogP contribution >= 0.6 is 0 Å². The summed E-state index contributed by atoms with van der Waals surface area (Å²) in [5.74, 6) is -0.346. The van der Waals surface area contributed by atoms with Crippen LogP contribution in [0.4, 0.5) is 8.78 Å². The van der Waals surface area contributed by atoms with Crippen LogP contribution in [0.15, 0.2) is 12.1 Å². The van der Waals surface area contributed by atoms with E-state index in [-0.39, 0.29) is 11.3 Å². The Morgan fingerprint density at radius 1 is 1.38 bits per heavy atom. The van der Waals surface area contributed by atoms with E-state index in [1.807, 2.05) is 0 Å². The first-order valence-corrected chi connectivity index (χ1v) is 5.24. The third-order valence-electron chi connectivity index (χ3n) is 2.99. The fourth-order valence-electron chi connectivity index (χ4n) is 1.85. The van der Waals surface area contributed by atoms with Crippen molar-refractivity contribution in [2.24, 2.45) is 0 Å². The van der Waals surface area contributed by atoms with Gasteiger partial charge < -0.3 is 10.2 Å². The van der Waals surface area contributed by atoms with E-state index in [0.29, 0.717) is 17.5 Å². The van der Waals surface area contributed by atoms with E-state index < -0.39 is 12.0 Å². The first-order chi connectivity index (χ1) is 7.41. The van der Waals surface area contributed by atoms with Gasteiger partial charge in [-0.2, -0.15) is 0 Å². The van der Waals surface area contributed by atoms with Crippen molar-refractivity contribution < 1.29 is 19.0 Å². The molecule has 4 heteroatoms. The number of halogens is 2. The van der Waals surface area contributed by atoms with Crippen molar-refractivity contribution >= 4 is 0 Å². The molecule has 1 fully saturated rings. The van der Waals surface area contributed by atoms with E-state index in [2.05, 4.69) is 0 Å². The zero-order valence-corrected chi connectivity index (χ0v) is 9.00. The number of hydrogen-bond donors (Lipinski definition) is 2. The van der Waals surface area contributed by atoms with Gasteiger partial charge in [0, 0.05) is 6.42 Å². The number of aryl methyl sites for hydroxylation is 1. The highest BCUT2D eigenvalue weighted by Gasteiger charge is 2.40. The van der Waals surface area contributed by atoms with Gasteiger partial charge in [0.05, 0.1) is 11.2 Å². The van der Waals surface area contributed by atoms with Gasteiger partial charge in [-0.05, 0) is 37.0 Å². The third kappa shape index (κ3) is 2.16. The Morgan fingerprint density at radius 3 is 2.50 bits per heavy atom. The molecule has 0 saturated heterocycles. The minimum atomic E-state index is -2.69. The summed E-state index contributed by atoms with van der Waals surface area (Å²) >= 11 is 0. The first kappa shape index (κ1) is 11.3. The molecule has 0 heterocycles. The molecule has 0 spiro atoms. The third-order valence-corrected chi connectivity index (χ3v) is 2.99. The smallest absolute Gasteiger partial charge is 0.267 e. The summed E-state index contributed by atoms with van der Waals surface area (Å²) in [5, 5.41) is 19.2. The zero-order valence-electron chi connectivity index (χ0n) is 9.00. The van der Waals surface area contributed by atoms with Gasteiger partial charge in [0.2, 0.25) is 0 Å². The van der Waals surface area contributed by atoms with E-state index >= 15 is 0 Å². The molecule has 1 saturated carbocycles. The lowest BCUT2D eigenvalue weighted by atomic mass is 10.00. The first-order valence-electron chi connectivity index (χ1n) is 5.24. The molecular weight excluding hydrogens is 214 g/mol. The van der Waals surface area contributed by atoms with Crippen molar-refractivity contribution in [1.29, 1.82) is 0 Å². The zero-order chi connectivity index (χ0) is 11.9. The highest BCUT2D eigenvalue weighted by atomic mass is 19.3. The Kier molecular flexibility index (Phi) is 2.62. The van der Waals surface area contributed by atoms with Crippen LogP contribution in [0.3, 0.4) is 0 Å². The quantitative estimate of drug-likeness (QED) is 0.835. The molecule has 88 valence electrons. The minimum Gasteiger partial charge on any atom is -0.507 e. The van der Waals surface area contributed by atoms with Crippen molar-refractivity contribution in [1.82, 2.24) is 0 Å². The van der Waals surface area contributed by atoms with Gasteiger partial charge in [0.15, 0.2) is 0 Å². The summed E-state index contributed by atoms with van der Waals surface area (Å²) in [5.41, 5.74) is 0.0323. The van der Waals surface area contributed by atoms with E-state index in [1.165, 1.54) is 6.07 Å². The van der Waals surface area contributed by atoms with Crippen molar-refractivity contribution in [2.75, 3.05) is 0 Å². The molecule has 0 aromatic heterocycles. The molecule has 1 aliphatic rings. The SMILES string of the molecule is Cc1cc(CC2(O)CC2)cc(C(F)F)c1O. The molecular formula is C12H14F2O2. The van der Waals surface area contributed by atoms with Crippen LogP contribution in [-0.4, -0.2) is 15.8 Å². The molecule has 1 aliphatic carbocycles. The van der Waals surface area contributed by atoms with Crippen molar-refractivity contribution in [3.05, 3.63) is 28.8 Å². The lowest BCUT2D eigenvalue weighted by Gasteiger charge is -2.12. The summed E-state index contributed by atoms with van der Waals surface area (Å²) in [6.07, 6.45) is -0.866. The summed E-state index contributed by atoms with van der Waals surface area (Å²) < 4.78 is 25.2. The van der Waals surface area contributed by atoms with E-state index in [0.717, 1.165) is 12.8 Å². The number of aliphatic hydroxyl groups is 1. The Morgan fingerprint density at radius 2 is 2.00 bits per heavy atom. The van der Waals surface area contributed by atoms with Crippen LogP contribution in [0.25, 0.3) is 0 Å². The maximum absolute atomic E-state index is 12.6. The van der Waals surface area contributed by atoms with Crippen LogP contribution in [0.5, 0.6) is 5.75 Å². The van der Waals surface area contributed by atoms with Crippen molar-refractivity contribution in [3.8, 4) is 5.75 Å². The topological polar surface area (TPSA) is 40.5 Å². The predicted molar refractivity (Wildman–Crippen MR) is 55.7 cm³/mol. The summed E-state index contributed by atoms with van der Waals surface area (Å²) in [7, 11) is 0. The van der Waals surface area contributed by atoms with Gasteiger partial charge in [-0.15, -0.1) is 0 Å². The number of phenolic OH excluding ortho intramolecular Hbond substituents is 1. The number of rotatable bonds is 3. The Hall–Kier alpha value is -1.16. The Bertz CT molecular complexity index is 412. The molecule has 2 N–H and O–H groups in total. The summed E-state index contributed by atoms with van der Waals surface area (Å²) in [6.45, 7) is 1.58. The van der Waals surface area contributed by atoms with Crippen LogP contribution in [0.2, 0.25) is 0 Å². The van der Waals surface area contributed by atoms with Crippen molar-refractivity contribution in [3.63, 3.8) is 0 Å². The molecule has 0 bridgehead atoms. The maximum Gasteiger partial charge on any atom is 0.267 e.